The maximum absolute atomic E-state index is 5.65. The van der Waals surface area contributed by atoms with Crippen LogP contribution in [0.4, 0.5) is 5.69 Å². The number of nitrogens with zero attached hydrogens (tertiary/aromatic N) is 1. The molecule has 1 aromatic carbocycles. The van der Waals surface area contributed by atoms with Crippen molar-refractivity contribution in [3.63, 3.8) is 0 Å². The summed E-state index contributed by atoms with van der Waals surface area (Å²) in [5.41, 5.74) is 3.76. The van der Waals surface area contributed by atoms with Gasteiger partial charge in [-0.15, -0.1) is 0 Å². The van der Waals surface area contributed by atoms with Crippen LogP contribution in [-0.2, 0) is 13.1 Å². The first-order chi connectivity index (χ1) is 9.58. The molecular formula is C17H24N2O. The zero-order valence-electron chi connectivity index (χ0n) is 12.8. The lowest BCUT2D eigenvalue weighted by Crippen LogP contribution is -2.23. The molecule has 1 heterocycles. The first-order valence-corrected chi connectivity index (χ1v) is 7.13. The highest BCUT2D eigenvalue weighted by Gasteiger charge is 2.11. The fourth-order valence-corrected chi connectivity index (χ4v) is 2.27. The van der Waals surface area contributed by atoms with Crippen molar-refractivity contribution in [1.29, 1.82) is 0 Å². The van der Waals surface area contributed by atoms with Crippen molar-refractivity contribution in [2.45, 2.75) is 39.9 Å². The van der Waals surface area contributed by atoms with Gasteiger partial charge >= 0.3 is 0 Å². The minimum Gasteiger partial charge on any atom is -0.467 e. The van der Waals surface area contributed by atoms with Crippen molar-refractivity contribution in [1.82, 2.24) is 5.32 Å². The van der Waals surface area contributed by atoms with E-state index in [1.165, 1.54) is 16.8 Å². The molecule has 3 nitrogen and oxygen atoms in total. The van der Waals surface area contributed by atoms with Gasteiger partial charge in [0.2, 0.25) is 0 Å². The lowest BCUT2D eigenvalue weighted by Gasteiger charge is -2.21. The van der Waals surface area contributed by atoms with Crippen LogP contribution in [0, 0.1) is 6.92 Å². The highest BCUT2D eigenvalue weighted by molar-refractivity contribution is 5.52. The smallest absolute Gasteiger partial charge is 0.127 e. The van der Waals surface area contributed by atoms with Crippen LogP contribution >= 0.6 is 0 Å². The maximum Gasteiger partial charge on any atom is 0.127 e. The van der Waals surface area contributed by atoms with Crippen molar-refractivity contribution in [3.8, 4) is 0 Å². The Morgan fingerprint density at radius 2 is 1.95 bits per heavy atom. The lowest BCUT2D eigenvalue weighted by molar-refractivity contribution is 0.495. The summed E-state index contributed by atoms with van der Waals surface area (Å²) >= 11 is 0. The molecule has 1 N–H and O–H groups in total. The summed E-state index contributed by atoms with van der Waals surface area (Å²) < 4.78 is 5.65. The third-order valence-electron chi connectivity index (χ3n) is 3.45. The number of benzene rings is 1. The van der Waals surface area contributed by atoms with Crippen molar-refractivity contribution >= 4 is 5.69 Å². The van der Waals surface area contributed by atoms with Gasteiger partial charge in [0.25, 0.3) is 0 Å². The highest BCUT2D eigenvalue weighted by Crippen LogP contribution is 2.21. The van der Waals surface area contributed by atoms with Gasteiger partial charge in [0.1, 0.15) is 5.76 Å². The van der Waals surface area contributed by atoms with E-state index in [1.54, 1.807) is 6.26 Å². The van der Waals surface area contributed by atoms with Gasteiger partial charge in [0.15, 0.2) is 0 Å². The summed E-state index contributed by atoms with van der Waals surface area (Å²) in [6.07, 6.45) is 1.78. The summed E-state index contributed by atoms with van der Waals surface area (Å²) in [5, 5.41) is 3.43. The summed E-state index contributed by atoms with van der Waals surface area (Å²) in [5.74, 6) is 1.03. The Bertz CT molecular complexity index is 545. The zero-order valence-corrected chi connectivity index (χ0v) is 12.8. The second-order valence-corrected chi connectivity index (χ2v) is 5.55. The molecule has 0 aliphatic rings. The first-order valence-electron chi connectivity index (χ1n) is 7.13. The normalized spacial score (nSPS) is 11.1. The maximum atomic E-state index is 5.65. The minimum atomic E-state index is 0.479. The average molecular weight is 272 g/mol. The van der Waals surface area contributed by atoms with E-state index in [2.05, 4.69) is 68.4 Å². The molecule has 0 amide bonds. The average Bonchev–Trinajstić information content (AvgIpc) is 2.84. The molecule has 0 aliphatic heterocycles. The number of anilines is 1. The second kappa shape index (κ2) is 6.62. The third kappa shape index (κ3) is 3.64. The SMILES string of the molecule is Cc1ccccc1N(C)Cc1occc1CNC(C)C. The van der Waals surface area contributed by atoms with E-state index in [-0.39, 0.29) is 0 Å². The van der Waals surface area contributed by atoms with Crippen molar-refractivity contribution < 1.29 is 4.42 Å². The van der Waals surface area contributed by atoms with Crippen molar-refractivity contribution in [2.75, 3.05) is 11.9 Å². The lowest BCUT2D eigenvalue weighted by atomic mass is 10.1. The van der Waals surface area contributed by atoms with Crippen LogP contribution in [0.3, 0.4) is 0 Å². The molecule has 0 spiro atoms. The Morgan fingerprint density at radius 3 is 2.65 bits per heavy atom. The van der Waals surface area contributed by atoms with Crippen LogP contribution in [0.15, 0.2) is 41.0 Å². The molecule has 0 atom stereocenters. The Hall–Kier alpha value is -1.74. The largest absolute Gasteiger partial charge is 0.467 e. The van der Waals surface area contributed by atoms with E-state index >= 15 is 0 Å². The molecule has 0 saturated heterocycles. The molecule has 0 aliphatic carbocycles. The number of aryl methyl sites for hydroxylation is 1. The molecule has 2 aromatic rings. The number of rotatable bonds is 6. The van der Waals surface area contributed by atoms with Gasteiger partial charge in [-0.3, -0.25) is 0 Å². The molecule has 3 heteroatoms. The molecule has 0 bridgehead atoms. The number of para-hydroxylation sites is 1. The van der Waals surface area contributed by atoms with Gasteiger partial charge in [-0.05, 0) is 24.6 Å². The zero-order chi connectivity index (χ0) is 14.5. The van der Waals surface area contributed by atoms with Gasteiger partial charge in [-0.1, -0.05) is 32.0 Å². The number of hydrogen-bond donors (Lipinski definition) is 1. The monoisotopic (exact) mass is 272 g/mol. The molecule has 1 aromatic heterocycles. The predicted octanol–water partition coefficient (Wildman–Crippen LogP) is 3.72. The fourth-order valence-electron chi connectivity index (χ4n) is 2.27. The third-order valence-corrected chi connectivity index (χ3v) is 3.45. The second-order valence-electron chi connectivity index (χ2n) is 5.55. The first kappa shape index (κ1) is 14.7. The Balaban J connectivity index is 2.07. The van der Waals surface area contributed by atoms with Crippen LogP contribution in [0.25, 0.3) is 0 Å². The molecule has 0 unspecified atom stereocenters. The topological polar surface area (TPSA) is 28.4 Å². The van der Waals surface area contributed by atoms with E-state index in [0.29, 0.717) is 6.04 Å². The Kier molecular flexibility index (Phi) is 4.85. The van der Waals surface area contributed by atoms with E-state index < -0.39 is 0 Å². The van der Waals surface area contributed by atoms with Crippen LogP contribution in [0.2, 0.25) is 0 Å². The fraction of sp³-hybridized carbons (Fsp3) is 0.412. The van der Waals surface area contributed by atoms with Gasteiger partial charge in [0, 0.05) is 30.9 Å². The highest BCUT2D eigenvalue weighted by atomic mass is 16.3. The molecule has 0 fully saturated rings. The standard InChI is InChI=1S/C17H24N2O/c1-13(2)18-11-15-9-10-20-17(15)12-19(4)16-8-6-5-7-14(16)3/h5-10,13,18H,11-12H2,1-4H3. The minimum absolute atomic E-state index is 0.479. The van der Waals surface area contributed by atoms with Crippen LogP contribution in [0.5, 0.6) is 0 Å². The quantitative estimate of drug-likeness (QED) is 0.868. The Morgan fingerprint density at radius 1 is 1.20 bits per heavy atom. The summed E-state index contributed by atoms with van der Waals surface area (Å²) in [4.78, 5) is 2.23. The van der Waals surface area contributed by atoms with Crippen LogP contribution < -0.4 is 10.2 Å². The van der Waals surface area contributed by atoms with E-state index in [1.807, 2.05) is 0 Å². The summed E-state index contributed by atoms with van der Waals surface area (Å²) in [7, 11) is 2.10. The van der Waals surface area contributed by atoms with Gasteiger partial charge < -0.3 is 14.6 Å². The van der Waals surface area contributed by atoms with Gasteiger partial charge in [-0.25, -0.2) is 0 Å². The van der Waals surface area contributed by atoms with E-state index in [0.717, 1.165) is 18.8 Å². The van der Waals surface area contributed by atoms with Crippen LogP contribution in [0.1, 0.15) is 30.7 Å². The Labute approximate surface area is 121 Å². The predicted molar refractivity (Wildman–Crippen MR) is 84.0 cm³/mol. The van der Waals surface area contributed by atoms with Crippen molar-refractivity contribution in [2.24, 2.45) is 0 Å². The van der Waals surface area contributed by atoms with E-state index in [9.17, 15) is 0 Å². The number of furan rings is 1. The molecule has 0 radical (unpaired) electrons. The molecule has 2 rings (SSSR count). The molecule has 20 heavy (non-hydrogen) atoms. The summed E-state index contributed by atoms with van der Waals surface area (Å²) in [6, 6.07) is 10.9. The van der Waals surface area contributed by atoms with Crippen LogP contribution in [-0.4, -0.2) is 13.1 Å². The molecular weight excluding hydrogens is 248 g/mol. The molecule has 108 valence electrons. The van der Waals surface area contributed by atoms with Gasteiger partial charge in [0.05, 0.1) is 12.8 Å². The summed E-state index contributed by atoms with van der Waals surface area (Å²) in [6.45, 7) is 8.08. The number of hydrogen-bond acceptors (Lipinski definition) is 3. The molecule has 0 saturated carbocycles. The van der Waals surface area contributed by atoms with Crippen molar-refractivity contribution in [3.05, 3.63) is 53.5 Å². The number of nitrogens with one attached hydrogen (secondary N) is 1. The van der Waals surface area contributed by atoms with Gasteiger partial charge in [-0.2, -0.15) is 0 Å². The van der Waals surface area contributed by atoms with E-state index in [4.69, 9.17) is 4.42 Å².